The van der Waals surface area contributed by atoms with E-state index in [4.69, 9.17) is 9.47 Å². The Bertz CT molecular complexity index is 176. The van der Waals surface area contributed by atoms with Crippen LogP contribution in [0.25, 0.3) is 0 Å². The van der Waals surface area contributed by atoms with Gasteiger partial charge in [-0.05, 0) is 32.2 Å². The molecule has 1 rings (SSSR count). The van der Waals surface area contributed by atoms with Gasteiger partial charge in [0.15, 0.2) is 0 Å². The van der Waals surface area contributed by atoms with E-state index in [-0.39, 0.29) is 6.10 Å². The van der Waals surface area contributed by atoms with Crippen molar-refractivity contribution in [2.24, 2.45) is 5.92 Å². The van der Waals surface area contributed by atoms with Gasteiger partial charge in [-0.2, -0.15) is 0 Å². The molecule has 0 aromatic heterocycles. The van der Waals surface area contributed by atoms with Crippen molar-refractivity contribution in [3.63, 3.8) is 0 Å². The summed E-state index contributed by atoms with van der Waals surface area (Å²) in [6, 6.07) is 0. The molecule has 0 saturated carbocycles. The molecule has 16 heavy (non-hydrogen) atoms. The molecule has 1 aliphatic heterocycles. The van der Waals surface area contributed by atoms with E-state index < -0.39 is 0 Å². The Labute approximate surface area is 98.5 Å². The fourth-order valence-electron chi connectivity index (χ4n) is 2.09. The lowest BCUT2D eigenvalue weighted by molar-refractivity contribution is 0.0655. The fourth-order valence-corrected chi connectivity index (χ4v) is 2.09. The molecule has 1 N–H and O–H groups in total. The maximum Gasteiger partial charge on any atom is 0.0700 e. The molecule has 1 aliphatic rings. The molecular formula is C12H25NO3. The molecule has 1 saturated heterocycles. The molecule has 0 aliphatic carbocycles. The number of likely N-dealkylation sites (tertiary alicyclic amines) is 1. The number of hydrogen-bond acceptors (Lipinski definition) is 4. The Morgan fingerprint density at radius 1 is 1.38 bits per heavy atom. The summed E-state index contributed by atoms with van der Waals surface area (Å²) < 4.78 is 10.3. The lowest BCUT2D eigenvalue weighted by Crippen LogP contribution is -2.26. The van der Waals surface area contributed by atoms with Crippen LogP contribution in [0, 0.1) is 5.92 Å². The number of rotatable bonds is 8. The highest BCUT2D eigenvalue weighted by molar-refractivity contribution is 4.78. The van der Waals surface area contributed by atoms with Gasteiger partial charge in [0.25, 0.3) is 0 Å². The van der Waals surface area contributed by atoms with Crippen LogP contribution in [0.3, 0.4) is 0 Å². The van der Waals surface area contributed by atoms with Crippen LogP contribution in [0.15, 0.2) is 0 Å². The second kappa shape index (κ2) is 8.01. The van der Waals surface area contributed by atoms with Gasteiger partial charge in [-0.25, -0.2) is 0 Å². The summed E-state index contributed by atoms with van der Waals surface area (Å²) in [5.41, 5.74) is 0. The van der Waals surface area contributed by atoms with Crippen LogP contribution in [0.5, 0.6) is 0 Å². The van der Waals surface area contributed by atoms with Gasteiger partial charge in [-0.3, -0.25) is 0 Å². The minimum Gasteiger partial charge on any atom is -0.393 e. The van der Waals surface area contributed by atoms with Gasteiger partial charge in [-0.15, -0.1) is 0 Å². The highest BCUT2D eigenvalue weighted by Gasteiger charge is 2.25. The van der Waals surface area contributed by atoms with Gasteiger partial charge in [0.2, 0.25) is 0 Å². The third-order valence-corrected chi connectivity index (χ3v) is 3.19. The molecule has 0 aromatic rings. The van der Waals surface area contributed by atoms with Crippen molar-refractivity contribution in [3.8, 4) is 0 Å². The van der Waals surface area contributed by atoms with Gasteiger partial charge < -0.3 is 19.5 Å². The zero-order chi connectivity index (χ0) is 11.8. The molecule has 0 bridgehead atoms. The number of nitrogens with zero attached hydrogens (tertiary/aromatic N) is 1. The lowest BCUT2D eigenvalue weighted by atomic mass is 10.0. The van der Waals surface area contributed by atoms with E-state index in [2.05, 4.69) is 4.90 Å². The van der Waals surface area contributed by atoms with Crippen molar-refractivity contribution >= 4 is 0 Å². The second-order valence-corrected chi connectivity index (χ2v) is 4.55. The van der Waals surface area contributed by atoms with Crippen molar-refractivity contribution < 1.29 is 14.6 Å². The Balaban J connectivity index is 1.94. The van der Waals surface area contributed by atoms with Gasteiger partial charge in [0.1, 0.15) is 0 Å². The van der Waals surface area contributed by atoms with E-state index in [9.17, 15) is 5.11 Å². The predicted molar refractivity (Wildman–Crippen MR) is 63.5 cm³/mol. The maximum absolute atomic E-state index is 9.47. The molecule has 4 nitrogen and oxygen atoms in total. The summed E-state index contributed by atoms with van der Waals surface area (Å²) in [6.45, 7) is 7.29. The van der Waals surface area contributed by atoms with Crippen LogP contribution >= 0.6 is 0 Å². The van der Waals surface area contributed by atoms with Gasteiger partial charge in [-0.1, -0.05) is 0 Å². The first-order valence-corrected chi connectivity index (χ1v) is 6.21. The first kappa shape index (κ1) is 13.9. The molecule has 0 aromatic carbocycles. The van der Waals surface area contributed by atoms with Crippen LogP contribution in [0.1, 0.15) is 19.8 Å². The monoisotopic (exact) mass is 231 g/mol. The fraction of sp³-hybridized carbons (Fsp3) is 1.00. The van der Waals surface area contributed by atoms with Crippen molar-refractivity contribution in [3.05, 3.63) is 0 Å². The highest BCUT2D eigenvalue weighted by Crippen LogP contribution is 2.19. The van der Waals surface area contributed by atoms with Crippen LogP contribution in [0.2, 0.25) is 0 Å². The Hall–Kier alpha value is -0.160. The topological polar surface area (TPSA) is 41.9 Å². The molecule has 0 spiro atoms. The molecule has 1 fully saturated rings. The van der Waals surface area contributed by atoms with Crippen molar-refractivity contribution in [1.82, 2.24) is 4.90 Å². The molecule has 4 heteroatoms. The van der Waals surface area contributed by atoms with E-state index in [0.29, 0.717) is 19.1 Å². The summed E-state index contributed by atoms with van der Waals surface area (Å²) in [5, 5.41) is 9.47. The van der Waals surface area contributed by atoms with E-state index in [0.717, 1.165) is 39.1 Å². The number of ether oxygens (including phenoxy) is 2. The summed E-state index contributed by atoms with van der Waals surface area (Å²) in [7, 11) is 1.68. The van der Waals surface area contributed by atoms with E-state index in [1.807, 2.05) is 6.92 Å². The smallest absolute Gasteiger partial charge is 0.0700 e. The van der Waals surface area contributed by atoms with E-state index in [1.165, 1.54) is 0 Å². The second-order valence-electron chi connectivity index (χ2n) is 4.55. The number of aliphatic hydroxyl groups excluding tert-OH is 1. The van der Waals surface area contributed by atoms with Crippen molar-refractivity contribution in [2.75, 3.05) is 46.6 Å². The summed E-state index contributed by atoms with van der Waals surface area (Å²) in [5.74, 6) is 0.467. The summed E-state index contributed by atoms with van der Waals surface area (Å²) >= 11 is 0. The van der Waals surface area contributed by atoms with Crippen molar-refractivity contribution in [1.29, 1.82) is 0 Å². The van der Waals surface area contributed by atoms with Crippen LogP contribution in [0.4, 0.5) is 0 Å². The Morgan fingerprint density at radius 2 is 2.19 bits per heavy atom. The average molecular weight is 231 g/mol. The molecule has 1 heterocycles. The Kier molecular flexibility index (Phi) is 6.96. The predicted octanol–water partition coefficient (Wildman–Crippen LogP) is 0.742. The lowest BCUT2D eigenvalue weighted by Gasteiger charge is -2.17. The number of hydrogen-bond donors (Lipinski definition) is 1. The van der Waals surface area contributed by atoms with Crippen LogP contribution in [-0.2, 0) is 9.47 Å². The standard InChI is InChI=1S/C12H25NO3/c1-11(14)12-4-6-13(10-12)5-3-7-16-9-8-15-2/h11-12,14H,3-10H2,1-2H3. The maximum atomic E-state index is 9.47. The Morgan fingerprint density at radius 3 is 2.81 bits per heavy atom. The highest BCUT2D eigenvalue weighted by atomic mass is 16.5. The number of methoxy groups -OCH3 is 1. The van der Waals surface area contributed by atoms with Crippen LogP contribution in [-0.4, -0.2) is 62.7 Å². The molecule has 2 unspecified atom stereocenters. The zero-order valence-corrected chi connectivity index (χ0v) is 10.5. The normalized spacial score (nSPS) is 23.8. The average Bonchev–Trinajstić information content (AvgIpc) is 2.72. The number of aliphatic hydroxyl groups is 1. The van der Waals surface area contributed by atoms with Gasteiger partial charge >= 0.3 is 0 Å². The van der Waals surface area contributed by atoms with E-state index in [1.54, 1.807) is 7.11 Å². The summed E-state index contributed by atoms with van der Waals surface area (Å²) in [6.07, 6.45) is 2.03. The largest absolute Gasteiger partial charge is 0.393 e. The molecule has 0 radical (unpaired) electrons. The minimum atomic E-state index is -0.164. The van der Waals surface area contributed by atoms with Crippen molar-refractivity contribution in [2.45, 2.75) is 25.9 Å². The minimum absolute atomic E-state index is 0.164. The quantitative estimate of drug-likeness (QED) is 0.626. The molecule has 96 valence electrons. The molecule has 2 atom stereocenters. The van der Waals surface area contributed by atoms with E-state index >= 15 is 0 Å². The van der Waals surface area contributed by atoms with Gasteiger partial charge in [0.05, 0.1) is 19.3 Å². The first-order chi connectivity index (χ1) is 7.74. The zero-order valence-electron chi connectivity index (χ0n) is 10.5. The van der Waals surface area contributed by atoms with Gasteiger partial charge in [0, 0.05) is 26.8 Å². The molecular weight excluding hydrogens is 206 g/mol. The summed E-state index contributed by atoms with van der Waals surface area (Å²) in [4.78, 5) is 2.41. The SMILES string of the molecule is COCCOCCCN1CCC(C(C)O)C1. The third-order valence-electron chi connectivity index (χ3n) is 3.19. The first-order valence-electron chi connectivity index (χ1n) is 6.21. The third kappa shape index (κ3) is 5.25. The van der Waals surface area contributed by atoms with Crippen LogP contribution < -0.4 is 0 Å². The molecule has 0 amide bonds.